The van der Waals surface area contributed by atoms with Gasteiger partial charge in [-0.15, -0.1) is 24.0 Å². The Hall–Kier alpha value is -2.07. The van der Waals surface area contributed by atoms with Crippen LogP contribution in [-0.4, -0.2) is 85.5 Å². The highest BCUT2D eigenvalue weighted by molar-refractivity contribution is 14.0. The zero-order valence-electron chi connectivity index (χ0n) is 19.4. The highest BCUT2D eigenvalue weighted by atomic mass is 127. The lowest BCUT2D eigenvalue weighted by atomic mass is 10.0. The summed E-state index contributed by atoms with van der Waals surface area (Å²) in [4.78, 5) is 23.6. The van der Waals surface area contributed by atoms with Crippen molar-refractivity contribution < 1.29 is 9.21 Å². The van der Waals surface area contributed by atoms with Crippen molar-refractivity contribution in [3.05, 3.63) is 60.1 Å². The minimum Gasteiger partial charge on any atom is -0.459 e. The molecular weight excluding hydrogens is 517 g/mol. The predicted molar refractivity (Wildman–Crippen MR) is 140 cm³/mol. The first-order valence-corrected chi connectivity index (χ1v) is 11.2. The summed E-state index contributed by atoms with van der Waals surface area (Å²) in [5.41, 5.74) is 1.35. The zero-order chi connectivity index (χ0) is 22.1. The van der Waals surface area contributed by atoms with Gasteiger partial charge in [-0.25, -0.2) is 0 Å². The molecule has 1 fully saturated rings. The third-order valence-electron chi connectivity index (χ3n) is 5.95. The summed E-state index contributed by atoms with van der Waals surface area (Å²) >= 11 is 0. The van der Waals surface area contributed by atoms with Gasteiger partial charge in [0, 0.05) is 45.8 Å². The number of carbonyl (C=O) groups excluding carboxylic acids is 1. The maximum absolute atomic E-state index is 12.5. The molecule has 1 atom stereocenters. The Morgan fingerprint density at radius 2 is 1.72 bits per heavy atom. The molecule has 1 aromatic heterocycles. The Morgan fingerprint density at radius 1 is 1.06 bits per heavy atom. The molecule has 2 aromatic rings. The molecule has 7 nitrogen and oxygen atoms in total. The van der Waals surface area contributed by atoms with Gasteiger partial charge in [-0.2, -0.15) is 0 Å². The molecule has 1 amide bonds. The lowest BCUT2D eigenvalue weighted by Crippen LogP contribution is -2.55. The van der Waals surface area contributed by atoms with E-state index in [1.54, 1.807) is 12.1 Å². The summed E-state index contributed by atoms with van der Waals surface area (Å²) in [6.45, 7) is 10.1. The fraction of sp³-hybridized carbons (Fsp3) is 0.500. The first-order valence-electron chi connectivity index (χ1n) is 11.2. The molecule has 1 aromatic carbocycles. The average molecular weight is 553 g/mol. The number of halogens is 1. The Balaban J connectivity index is 0.00000363. The Labute approximate surface area is 208 Å². The van der Waals surface area contributed by atoms with Gasteiger partial charge < -0.3 is 19.5 Å². The highest BCUT2D eigenvalue weighted by Crippen LogP contribution is 2.11. The van der Waals surface area contributed by atoms with Crippen LogP contribution >= 0.6 is 24.0 Å². The fourth-order valence-electron chi connectivity index (χ4n) is 4.18. The van der Waals surface area contributed by atoms with E-state index in [0.717, 1.165) is 45.1 Å². The molecule has 1 saturated heterocycles. The largest absolute Gasteiger partial charge is 0.459 e. The van der Waals surface area contributed by atoms with Gasteiger partial charge in [-0.1, -0.05) is 44.2 Å². The molecule has 8 heteroatoms. The molecule has 0 spiro atoms. The van der Waals surface area contributed by atoms with E-state index in [1.165, 1.54) is 11.8 Å². The third kappa shape index (κ3) is 6.96. The van der Waals surface area contributed by atoms with Crippen molar-refractivity contribution in [1.82, 2.24) is 20.0 Å². The lowest BCUT2D eigenvalue weighted by Gasteiger charge is -2.37. The summed E-state index contributed by atoms with van der Waals surface area (Å²) in [7, 11) is 1.83. The van der Waals surface area contributed by atoms with E-state index < -0.39 is 0 Å². The number of aliphatic imine (C=N–C) groups is 1. The number of nitrogens with zero attached hydrogens (tertiary/aromatic N) is 4. The second-order valence-electron chi connectivity index (χ2n) is 7.75. The number of hydrogen-bond donors (Lipinski definition) is 1. The number of amides is 1. The van der Waals surface area contributed by atoms with Crippen molar-refractivity contribution in [3.8, 4) is 0 Å². The molecule has 2 heterocycles. The molecule has 0 saturated carbocycles. The van der Waals surface area contributed by atoms with E-state index in [9.17, 15) is 4.79 Å². The normalized spacial score (nSPS) is 15.4. The third-order valence-corrected chi connectivity index (χ3v) is 5.95. The minimum atomic E-state index is -0.0444. The molecule has 176 valence electrons. The van der Waals surface area contributed by atoms with Crippen LogP contribution in [0.25, 0.3) is 0 Å². The van der Waals surface area contributed by atoms with Gasteiger partial charge in [0.15, 0.2) is 11.7 Å². The average Bonchev–Trinajstić information content (AvgIpc) is 3.36. The van der Waals surface area contributed by atoms with Crippen molar-refractivity contribution in [2.45, 2.75) is 26.3 Å². The first-order chi connectivity index (χ1) is 15.2. The van der Waals surface area contributed by atoms with Gasteiger partial charge in [0.25, 0.3) is 5.91 Å². The lowest BCUT2D eigenvalue weighted by molar-refractivity contribution is 0.0657. The van der Waals surface area contributed by atoms with E-state index in [0.29, 0.717) is 24.9 Å². The van der Waals surface area contributed by atoms with Crippen molar-refractivity contribution in [3.63, 3.8) is 0 Å². The van der Waals surface area contributed by atoms with Crippen LogP contribution < -0.4 is 5.32 Å². The molecule has 32 heavy (non-hydrogen) atoms. The van der Waals surface area contributed by atoms with Crippen LogP contribution in [0.2, 0.25) is 0 Å². The SMILES string of the molecule is CCN(CC)C(CNC(=NC)N1CCN(C(=O)c2ccco2)CC1)Cc1ccccc1.I. The Morgan fingerprint density at radius 3 is 2.28 bits per heavy atom. The summed E-state index contributed by atoms with van der Waals surface area (Å²) in [6, 6.07) is 14.5. The van der Waals surface area contributed by atoms with Gasteiger partial charge >= 0.3 is 0 Å². The van der Waals surface area contributed by atoms with Gasteiger partial charge in [-0.05, 0) is 37.2 Å². The summed E-state index contributed by atoms with van der Waals surface area (Å²) in [6.07, 6.45) is 2.54. The maximum atomic E-state index is 12.5. The molecule has 3 rings (SSSR count). The highest BCUT2D eigenvalue weighted by Gasteiger charge is 2.26. The van der Waals surface area contributed by atoms with Gasteiger partial charge in [-0.3, -0.25) is 14.7 Å². The number of carbonyl (C=O) groups is 1. The van der Waals surface area contributed by atoms with E-state index in [-0.39, 0.29) is 29.9 Å². The van der Waals surface area contributed by atoms with E-state index >= 15 is 0 Å². The number of guanidine groups is 1. The van der Waals surface area contributed by atoms with Crippen molar-refractivity contribution in [1.29, 1.82) is 0 Å². The van der Waals surface area contributed by atoms with Crippen molar-refractivity contribution in [2.24, 2.45) is 4.99 Å². The number of likely N-dealkylation sites (N-methyl/N-ethyl adjacent to an activating group) is 1. The second-order valence-corrected chi connectivity index (χ2v) is 7.75. The molecule has 0 aliphatic carbocycles. The van der Waals surface area contributed by atoms with Crippen molar-refractivity contribution in [2.75, 3.05) is 52.9 Å². The number of benzene rings is 1. The maximum Gasteiger partial charge on any atom is 0.289 e. The molecule has 0 bridgehead atoms. The number of furan rings is 1. The summed E-state index contributed by atoms with van der Waals surface area (Å²) in [5, 5.41) is 3.59. The van der Waals surface area contributed by atoms with Crippen LogP contribution in [0.4, 0.5) is 0 Å². The first kappa shape index (κ1) is 26.2. The second kappa shape index (κ2) is 13.5. The molecule has 1 unspecified atom stereocenters. The van der Waals surface area contributed by atoms with Gasteiger partial charge in [0.1, 0.15) is 0 Å². The number of piperazine rings is 1. The molecular formula is C24H36IN5O2. The standard InChI is InChI=1S/C24H35N5O2.HI/c1-4-27(5-2)21(18-20-10-7-6-8-11-20)19-26-24(25-3)29-15-13-28(14-16-29)23(30)22-12-9-17-31-22;/h6-12,17,21H,4-5,13-16,18-19H2,1-3H3,(H,25,26);1H. The van der Waals surface area contributed by atoms with Crippen LogP contribution in [0, 0.1) is 0 Å². The van der Waals surface area contributed by atoms with Crippen LogP contribution in [-0.2, 0) is 6.42 Å². The van der Waals surface area contributed by atoms with Gasteiger partial charge in [0.05, 0.1) is 6.26 Å². The van der Waals surface area contributed by atoms with Gasteiger partial charge in [0.2, 0.25) is 0 Å². The van der Waals surface area contributed by atoms with Crippen LogP contribution in [0.1, 0.15) is 30.0 Å². The van der Waals surface area contributed by atoms with E-state index in [1.807, 2.05) is 11.9 Å². The molecule has 1 aliphatic heterocycles. The topological polar surface area (TPSA) is 64.3 Å². The fourth-order valence-corrected chi connectivity index (χ4v) is 4.18. The summed E-state index contributed by atoms with van der Waals surface area (Å²) in [5.74, 6) is 1.26. The van der Waals surface area contributed by atoms with Crippen molar-refractivity contribution >= 4 is 35.8 Å². The van der Waals surface area contributed by atoms with E-state index in [2.05, 4.69) is 64.3 Å². The smallest absolute Gasteiger partial charge is 0.289 e. The number of hydrogen-bond acceptors (Lipinski definition) is 4. The number of rotatable bonds is 8. The molecule has 0 radical (unpaired) electrons. The quantitative estimate of drug-likeness (QED) is 0.309. The van der Waals surface area contributed by atoms with E-state index in [4.69, 9.17) is 4.42 Å². The Bertz CT molecular complexity index is 816. The van der Waals surface area contributed by atoms with Crippen LogP contribution in [0.3, 0.4) is 0 Å². The predicted octanol–water partition coefficient (Wildman–Crippen LogP) is 3.18. The van der Waals surface area contributed by atoms with Crippen LogP contribution in [0.15, 0.2) is 58.1 Å². The zero-order valence-corrected chi connectivity index (χ0v) is 21.7. The van der Waals surface area contributed by atoms with Crippen LogP contribution in [0.5, 0.6) is 0 Å². The minimum absolute atomic E-state index is 0. The molecule has 1 aliphatic rings. The number of nitrogens with one attached hydrogen (secondary N) is 1. The monoisotopic (exact) mass is 553 g/mol. The Kier molecular flexibility index (Phi) is 11.0. The molecule has 1 N–H and O–H groups in total. The summed E-state index contributed by atoms with van der Waals surface area (Å²) < 4.78 is 5.26.